The summed E-state index contributed by atoms with van der Waals surface area (Å²) in [5, 5.41) is 16.8. The average molecular weight is 380 g/mol. The summed E-state index contributed by atoms with van der Waals surface area (Å²) < 4.78 is 7.01. The maximum Gasteiger partial charge on any atom is 0.269 e. The number of anilines is 2. The summed E-state index contributed by atoms with van der Waals surface area (Å²) in [6.45, 7) is -0.0853. The number of ether oxygens (including phenoxy) is 1. The van der Waals surface area contributed by atoms with Gasteiger partial charge in [-0.3, -0.25) is 9.48 Å². The summed E-state index contributed by atoms with van der Waals surface area (Å²) in [4.78, 5) is 20.8. The molecule has 0 saturated heterocycles. The van der Waals surface area contributed by atoms with Crippen LogP contribution >= 0.6 is 0 Å². The van der Waals surface area contributed by atoms with Gasteiger partial charge in [-0.25, -0.2) is 9.97 Å². The quantitative estimate of drug-likeness (QED) is 0.609. The molecular weight excluding hydrogens is 360 g/mol. The lowest BCUT2D eigenvalue weighted by molar-refractivity contribution is 0.0994. The zero-order valence-corrected chi connectivity index (χ0v) is 15.6. The second-order valence-electron chi connectivity index (χ2n) is 6.55. The number of aromatic nitrogens is 4. The summed E-state index contributed by atoms with van der Waals surface area (Å²) >= 11 is 0. The van der Waals surface area contributed by atoms with Crippen LogP contribution in [0.15, 0.2) is 24.4 Å². The number of aliphatic hydroxyl groups is 1. The minimum absolute atomic E-state index is 0.0853. The Morgan fingerprint density at radius 2 is 2.21 bits per heavy atom. The molecule has 0 atom stereocenters. The minimum Gasteiger partial charge on any atom is -0.495 e. The number of hydrogen-bond donors (Lipinski definition) is 3. The predicted octanol–water partition coefficient (Wildman–Crippen LogP) is 1.32. The topological polar surface area (TPSA) is 128 Å². The number of nitrogens with two attached hydrogens (primary N) is 1. The Labute approximate surface area is 161 Å². The summed E-state index contributed by atoms with van der Waals surface area (Å²) in [7, 11) is 3.34. The van der Waals surface area contributed by atoms with E-state index in [4.69, 9.17) is 10.5 Å². The number of primary amides is 1. The second kappa shape index (κ2) is 6.93. The van der Waals surface area contributed by atoms with Gasteiger partial charge in [-0.1, -0.05) is 6.07 Å². The molecular formula is C19H20N6O3. The molecule has 0 saturated carbocycles. The lowest BCUT2D eigenvalue weighted by Gasteiger charge is -2.18. The Hall–Kier alpha value is -3.46. The van der Waals surface area contributed by atoms with Gasteiger partial charge in [0.1, 0.15) is 5.75 Å². The minimum atomic E-state index is -0.543. The van der Waals surface area contributed by atoms with Crippen molar-refractivity contribution in [2.24, 2.45) is 12.8 Å². The van der Waals surface area contributed by atoms with Crippen molar-refractivity contribution >= 4 is 17.5 Å². The molecule has 1 aliphatic rings. The van der Waals surface area contributed by atoms with E-state index in [0.29, 0.717) is 30.2 Å². The van der Waals surface area contributed by atoms with Crippen molar-refractivity contribution in [1.29, 1.82) is 0 Å². The fourth-order valence-electron chi connectivity index (χ4n) is 3.49. The smallest absolute Gasteiger partial charge is 0.269 e. The second-order valence-corrected chi connectivity index (χ2v) is 6.55. The Morgan fingerprint density at radius 1 is 1.39 bits per heavy atom. The van der Waals surface area contributed by atoms with Crippen LogP contribution in [-0.2, 0) is 26.5 Å². The van der Waals surface area contributed by atoms with Crippen LogP contribution in [0.3, 0.4) is 0 Å². The van der Waals surface area contributed by atoms with Gasteiger partial charge >= 0.3 is 0 Å². The highest BCUT2D eigenvalue weighted by Gasteiger charge is 2.28. The summed E-state index contributed by atoms with van der Waals surface area (Å²) in [5.41, 5.74) is 10.4. The fourth-order valence-corrected chi connectivity index (χ4v) is 3.49. The van der Waals surface area contributed by atoms with E-state index in [1.165, 1.54) is 0 Å². The molecule has 0 aliphatic heterocycles. The number of benzene rings is 1. The van der Waals surface area contributed by atoms with E-state index in [1.54, 1.807) is 43.2 Å². The molecule has 2 heterocycles. The summed E-state index contributed by atoms with van der Waals surface area (Å²) in [6, 6.07) is 5.33. The molecule has 1 aliphatic carbocycles. The maximum atomic E-state index is 11.7. The van der Waals surface area contributed by atoms with E-state index < -0.39 is 5.91 Å². The van der Waals surface area contributed by atoms with Crippen LogP contribution in [0.25, 0.3) is 11.4 Å². The third-order valence-electron chi connectivity index (χ3n) is 4.80. The van der Waals surface area contributed by atoms with Gasteiger partial charge in [0.15, 0.2) is 5.69 Å². The van der Waals surface area contributed by atoms with Crippen LogP contribution < -0.4 is 15.8 Å². The fraction of sp³-hybridized carbons (Fsp3) is 0.263. The first-order chi connectivity index (χ1) is 13.5. The zero-order chi connectivity index (χ0) is 19.8. The number of nitrogens with one attached hydrogen (secondary N) is 1. The third-order valence-corrected chi connectivity index (χ3v) is 4.80. The average Bonchev–Trinajstić information content (AvgIpc) is 3.05. The molecule has 9 nitrogen and oxygen atoms in total. The number of carbonyl (C=O) groups excluding carboxylic acids is 1. The van der Waals surface area contributed by atoms with Gasteiger partial charge in [-0.05, 0) is 36.1 Å². The molecule has 9 heteroatoms. The number of hydrogen-bond acceptors (Lipinski definition) is 7. The molecule has 28 heavy (non-hydrogen) atoms. The van der Waals surface area contributed by atoms with Gasteiger partial charge < -0.3 is 20.9 Å². The van der Waals surface area contributed by atoms with E-state index >= 15 is 0 Å². The van der Waals surface area contributed by atoms with Gasteiger partial charge in [0.05, 0.1) is 30.8 Å². The molecule has 0 bridgehead atoms. The monoisotopic (exact) mass is 380 g/mol. The number of aliphatic hydroxyl groups excluding tert-OH is 1. The third kappa shape index (κ3) is 2.95. The predicted molar refractivity (Wildman–Crippen MR) is 102 cm³/mol. The zero-order valence-electron chi connectivity index (χ0n) is 15.6. The number of rotatable bonds is 5. The molecule has 0 radical (unpaired) electrons. The summed E-state index contributed by atoms with van der Waals surface area (Å²) in [6.07, 6.45) is 3.14. The standard InChI is InChI=1S/C19H20N6O3/c1-25-17-12(16(24-25)18(20)27)5-4-11-8-21-19(23-15(11)17)22-13-7-10(9-26)3-6-14(13)28-2/h3,6-8,26H,4-5,9H2,1-2H3,(H2,20,27)(H,21,22,23). The van der Waals surface area contributed by atoms with Crippen molar-refractivity contribution in [1.82, 2.24) is 19.7 Å². The molecule has 3 aromatic rings. The van der Waals surface area contributed by atoms with E-state index in [1.807, 2.05) is 0 Å². The molecule has 144 valence electrons. The SMILES string of the molecule is COc1ccc(CO)cc1Nc1ncc2c(n1)-c1c(c(C(N)=O)nn1C)CC2. The largest absolute Gasteiger partial charge is 0.495 e. The van der Waals surface area contributed by atoms with Crippen LogP contribution in [0.5, 0.6) is 5.75 Å². The molecule has 0 fully saturated rings. The number of carbonyl (C=O) groups is 1. The molecule has 2 aromatic heterocycles. The van der Waals surface area contributed by atoms with Crippen LogP contribution in [0.4, 0.5) is 11.6 Å². The van der Waals surface area contributed by atoms with Crippen LogP contribution in [-0.4, -0.2) is 37.9 Å². The van der Waals surface area contributed by atoms with Crippen LogP contribution in [0.2, 0.25) is 0 Å². The Bertz CT molecular complexity index is 1080. The highest BCUT2D eigenvalue weighted by atomic mass is 16.5. The van der Waals surface area contributed by atoms with Gasteiger partial charge in [0.25, 0.3) is 5.91 Å². The van der Waals surface area contributed by atoms with Gasteiger partial charge in [-0.2, -0.15) is 5.10 Å². The van der Waals surface area contributed by atoms with Crippen LogP contribution in [0.1, 0.15) is 27.2 Å². The van der Waals surface area contributed by atoms with Crippen molar-refractivity contribution < 1.29 is 14.6 Å². The number of amides is 1. The number of methoxy groups -OCH3 is 1. The number of aryl methyl sites for hydroxylation is 2. The molecule has 0 unspecified atom stereocenters. The van der Waals surface area contributed by atoms with Crippen molar-refractivity contribution in [3.63, 3.8) is 0 Å². The first-order valence-electron chi connectivity index (χ1n) is 8.78. The van der Waals surface area contributed by atoms with E-state index in [9.17, 15) is 9.90 Å². The molecule has 1 amide bonds. The summed E-state index contributed by atoms with van der Waals surface area (Å²) in [5.74, 6) is 0.441. The van der Waals surface area contributed by atoms with Crippen molar-refractivity contribution in [2.45, 2.75) is 19.4 Å². The van der Waals surface area contributed by atoms with Gasteiger partial charge in [0.2, 0.25) is 5.95 Å². The first-order valence-corrected chi connectivity index (χ1v) is 8.78. The van der Waals surface area contributed by atoms with Crippen molar-refractivity contribution in [2.75, 3.05) is 12.4 Å². The lowest BCUT2D eigenvalue weighted by atomic mass is 9.93. The van der Waals surface area contributed by atoms with E-state index in [2.05, 4.69) is 20.4 Å². The van der Waals surface area contributed by atoms with E-state index in [-0.39, 0.29) is 12.3 Å². The molecule has 0 spiro atoms. The van der Waals surface area contributed by atoms with Crippen molar-refractivity contribution in [3.05, 3.63) is 46.8 Å². The van der Waals surface area contributed by atoms with Crippen LogP contribution in [0, 0.1) is 0 Å². The maximum absolute atomic E-state index is 11.7. The molecule has 1 aromatic carbocycles. The number of fused-ring (bicyclic) bond motifs is 3. The van der Waals surface area contributed by atoms with E-state index in [0.717, 1.165) is 28.1 Å². The lowest BCUT2D eigenvalue weighted by Crippen LogP contribution is -2.16. The highest BCUT2D eigenvalue weighted by Crippen LogP contribution is 2.35. The Morgan fingerprint density at radius 3 is 2.93 bits per heavy atom. The Balaban J connectivity index is 1.76. The highest BCUT2D eigenvalue weighted by molar-refractivity contribution is 5.94. The first kappa shape index (κ1) is 17.9. The van der Waals surface area contributed by atoms with Gasteiger partial charge in [0, 0.05) is 18.8 Å². The molecule has 4 rings (SSSR count). The van der Waals surface area contributed by atoms with Crippen molar-refractivity contribution in [3.8, 4) is 17.1 Å². The molecule has 4 N–H and O–H groups in total. The number of nitrogens with zero attached hydrogens (tertiary/aromatic N) is 4. The van der Waals surface area contributed by atoms with Gasteiger partial charge in [-0.15, -0.1) is 0 Å². The Kier molecular flexibility index (Phi) is 4.44. The normalized spacial score (nSPS) is 12.2.